The van der Waals surface area contributed by atoms with Crippen molar-refractivity contribution in [2.24, 2.45) is 0 Å². The van der Waals surface area contributed by atoms with Crippen molar-refractivity contribution in [1.82, 2.24) is 5.32 Å². The fourth-order valence-electron chi connectivity index (χ4n) is 4.03. The normalized spacial score (nSPS) is 18.8. The van der Waals surface area contributed by atoms with Crippen LogP contribution in [0.4, 0.5) is 13.2 Å². The SMILES string of the molecule is COC(=O)C1=C(C(F)(F)F)NC(C)=C(C(=O)OCCOc2ccc(OCC3CO3)cc2)C1c1ccccc1Cl. The number of alkyl halides is 3. The van der Waals surface area contributed by atoms with Crippen LogP contribution < -0.4 is 14.8 Å². The number of dihydropyridines is 1. The van der Waals surface area contributed by atoms with Gasteiger partial charge >= 0.3 is 18.1 Å². The van der Waals surface area contributed by atoms with Gasteiger partial charge in [-0.05, 0) is 42.8 Å². The molecule has 2 atom stereocenters. The summed E-state index contributed by atoms with van der Waals surface area (Å²) in [5.74, 6) is -2.56. The van der Waals surface area contributed by atoms with E-state index in [4.69, 9.17) is 30.5 Å². The van der Waals surface area contributed by atoms with E-state index in [1.54, 1.807) is 30.3 Å². The summed E-state index contributed by atoms with van der Waals surface area (Å²) in [6, 6.07) is 12.8. The summed E-state index contributed by atoms with van der Waals surface area (Å²) in [6.45, 7) is 2.19. The van der Waals surface area contributed by atoms with E-state index in [1.807, 2.05) is 0 Å². The lowest BCUT2D eigenvalue weighted by molar-refractivity contribution is -0.141. The summed E-state index contributed by atoms with van der Waals surface area (Å²) < 4.78 is 68.1. The molecule has 0 saturated carbocycles. The number of allylic oxidation sites excluding steroid dienone is 2. The number of ether oxygens (including phenoxy) is 5. The number of epoxide rings is 1. The first-order chi connectivity index (χ1) is 18.6. The quantitative estimate of drug-likeness (QED) is 0.251. The molecule has 208 valence electrons. The van der Waals surface area contributed by atoms with Crippen LogP contribution in [0.1, 0.15) is 18.4 Å². The molecule has 2 aliphatic heterocycles. The van der Waals surface area contributed by atoms with Crippen LogP contribution in [0.25, 0.3) is 0 Å². The van der Waals surface area contributed by atoms with Crippen LogP contribution in [0.2, 0.25) is 5.02 Å². The van der Waals surface area contributed by atoms with Crippen molar-refractivity contribution >= 4 is 23.5 Å². The molecule has 4 rings (SSSR count). The van der Waals surface area contributed by atoms with E-state index in [2.05, 4.69) is 10.1 Å². The molecule has 39 heavy (non-hydrogen) atoms. The topological polar surface area (TPSA) is 95.6 Å². The predicted octanol–water partition coefficient (Wildman–Crippen LogP) is 4.69. The molecule has 2 aliphatic rings. The van der Waals surface area contributed by atoms with Crippen LogP contribution in [-0.4, -0.2) is 57.8 Å². The van der Waals surface area contributed by atoms with Crippen molar-refractivity contribution in [1.29, 1.82) is 0 Å². The Morgan fingerprint density at radius 3 is 2.23 bits per heavy atom. The number of methoxy groups -OCH3 is 1. The number of carbonyl (C=O) groups excluding carboxylic acids is 2. The van der Waals surface area contributed by atoms with E-state index in [-0.39, 0.29) is 41.2 Å². The molecule has 12 heteroatoms. The summed E-state index contributed by atoms with van der Waals surface area (Å²) in [6.07, 6.45) is -4.81. The molecule has 2 heterocycles. The average molecular weight is 568 g/mol. The van der Waals surface area contributed by atoms with Gasteiger partial charge in [-0.3, -0.25) is 0 Å². The van der Waals surface area contributed by atoms with Gasteiger partial charge in [0, 0.05) is 10.7 Å². The van der Waals surface area contributed by atoms with Crippen LogP contribution in [0.5, 0.6) is 11.5 Å². The first-order valence-electron chi connectivity index (χ1n) is 11.9. The van der Waals surface area contributed by atoms with Gasteiger partial charge in [0.1, 0.15) is 43.1 Å². The lowest BCUT2D eigenvalue weighted by Crippen LogP contribution is -2.38. The van der Waals surface area contributed by atoms with Crippen molar-refractivity contribution < 1.29 is 46.4 Å². The zero-order valence-electron chi connectivity index (χ0n) is 21.0. The Labute approximate surface area is 227 Å². The average Bonchev–Trinajstić information content (AvgIpc) is 3.74. The summed E-state index contributed by atoms with van der Waals surface area (Å²) >= 11 is 6.31. The van der Waals surface area contributed by atoms with Gasteiger partial charge in [-0.2, -0.15) is 13.2 Å². The van der Waals surface area contributed by atoms with Crippen molar-refractivity contribution in [3.05, 3.63) is 81.7 Å². The minimum absolute atomic E-state index is 0.0358. The standard InChI is InChI=1S/C27H25ClF3NO7/c1-15-21(26(34)37-12-11-36-16-7-9-17(10-8-16)38-13-18-14-39-18)22(19-5-3-4-6-20(19)28)23(25(33)35-2)24(32-15)27(29,30)31/h3-10,18,22,32H,11-14H2,1-2H3. The number of rotatable bonds is 10. The van der Waals surface area contributed by atoms with Crippen molar-refractivity contribution in [2.45, 2.75) is 25.1 Å². The molecule has 1 N–H and O–H groups in total. The maximum atomic E-state index is 14.0. The number of halogens is 4. The lowest BCUT2D eigenvalue weighted by Gasteiger charge is -2.32. The smallest absolute Gasteiger partial charge is 0.431 e. The van der Waals surface area contributed by atoms with Gasteiger partial charge in [0.2, 0.25) is 0 Å². The van der Waals surface area contributed by atoms with Gasteiger partial charge in [0.05, 0.1) is 30.8 Å². The number of nitrogens with one attached hydrogen (secondary N) is 1. The van der Waals surface area contributed by atoms with E-state index >= 15 is 0 Å². The highest BCUT2D eigenvalue weighted by Crippen LogP contribution is 2.45. The van der Waals surface area contributed by atoms with Gasteiger partial charge in [-0.15, -0.1) is 0 Å². The van der Waals surface area contributed by atoms with E-state index in [9.17, 15) is 22.8 Å². The number of hydrogen-bond acceptors (Lipinski definition) is 8. The molecule has 1 saturated heterocycles. The maximum absolute atomic E-state index is 14.0. The van der Waals surface area contributed by atoms with Crippen molar-refractivity contribution in [2.75, 3.05) is 33.5 Å². The molecule has 8 nitrogen and oxygen atoms in total. The van der Waals surface area contributed by atoms with Gasteiger partial charge in [0.25, 0.3) is 0 Å². The molecule has 0 spiro atoms. The molecule has 2 aromatic carbocycles. The van der Waals surface area contributed by atoms with Gasteiger partial charge in [0.15, 0.2) is 0 Å². The van der Waals surface area contributed by atoms with Crippen LogP contribution in [0.15, 0.2) is 71.1 Å². The zero-order chi connectivity index (χ0) is 28.2. The molecule has 2 aromatic rings. The van der Waals surface area contributed by atoms with Gasteiger partial charge < -0.3 is 29.0 Å². The molecule has 2 unspecified atom stereocenters. The summed E-state index contributed by atoms with van der Waals surface area (Å²) in [5, 5.41) is 2.21. The largest absolute Gasteiger partial charge is 0.491 e. The number of esters is 2. The highest BCUT2D eigenvalue weighted by Gasteiger charge is 2.47. The zero-order valence-corrected chi connectivity index (χ0v) is 21.7. The molecular formula is C27H25ClF3NO7. The van der Waals surface area contributed by atoms with Crippen molar-refractivity contribution in [3.8, 4) is 11.5 Å². The van der Waals surface area contributed by atoms with E-state index < -0.39 is 35.3 Å². The summed E-state index contributed by atoms with van der Waals surface area (Å²) in [4.78, 5) is 25.8. The fourth-order valence-corrected chi connectivity index (χ4v) is 4.27. The summed E-state index contributed by atoms with van der Waals surface area (Å²) in [7, 11) is 0.952. The monoisotopic (exact) mass is 567 g/mol. The highest BCUT2D eigenvalue weighted by molar-refractivity contribution is 6.31. The first-order valence-corrected chi connectivity index (χ1v) is 12.2. The van der Waals surface area contributed by atoms with Crippen LogP contribution >= 0.6 is 11.6 Å². The molecule has 1 fully saturated rings. The second-order valence-corrected chi connectivity index (χ2v) is 9.03. The Bertz CT molecular complexity index is 1290. The van der Waals surface area contributed by atoms with Crippen LogP contribution in [0, 0.1) is 0 Å². The Morgan fingerprint density at radius 2 is 1.64 bits per heavy atom. The maximum Gasteiger partial charge on any atom is 0.431 e. The molecular weight excluding hydrogens is 543 g/mol. The predicted molar refractivity (Wildman–Crippen MR) is 133 cm³/mol. The Balaban J connectivity index is 1.49. The highest BCUT2D eigenvalue weighted by atomic mass is 35.5. The Hall–Kier alpha value is -3.70. The molecule has 0 aromatic heterocycles. The van der Waals surface area contributed by atoms with E-state index in [1.165, 1.54) is 25.1 Å². The molecule has 0 radical (unpaired) electrons. The second kappa shape index (κ2) is 12.0. The lowest BCUT2D eigenvalue weighted by atomic mass is 9.80. The second-order valence-electron chi connectivity index (χ2n) is 8.62. The summed E-state index contributed by atoms with van der Waals surface area (Å²) in [5.41, 5.74) is -2.38. The van der Waals surface area contributed by atoms with Gasteiger partial charge in [-0.1, -0.05) is 29.8 Å². The van der Waals surface area contributed by atoms with Gasteiger partial charge in [-0.25, -0.2) is 9.59 Å². The Kier molecular flexibility index (Phi) is 8.71. The number of carbonyl (C=O) groups is 2. The van der Waals surface area contributed by atoms with Crippen molar-refractivity contribution in [3.63, 3.8) is 0 Å². The number of benzene rings is 2. The molecule has 0 aliphatic carbocycles. The van der Waals surface area contributed by atoms with E-state index in [0.29, 0.717) is 24.7 Å². The minimum atomic E-state index is -4.94. The fraction of sp³-hybridized carbons (Fsp3) is 0.333. The van der Waals surface area contributed by atoms with Crippen LogP contribution in [0.3, 0.4) is 0 Å². The molecule has 0 amide bonds. The van der Waals surface area contributed by atoms with Crippen LogP contribution in [-0.2, 0) is 23.8 Å². The Morgan fingerprint density at radius 1 is 1.00 bits per heavy atom. The molecule has 0 bridgehead atoms. The third-order valence-electron chi connectivity index (χ3n) is 5.94. The third-order valence-corrected chi connectivity index (χ3v) is 6.28. The first kappa shape index (κ1) is 28.3. The number of hydrogen-bond donors (Lipinski definition) is 1. The third kappa shape index (κ3) is 6.85. The van der Waals surface area contributed by atoms with E-state index in [0.717, 1.165) is 7.11 Å². The minimum Gasteiger partial charge on any atom is -0.491 e.